The lowest BCUT2D eigenvalue weighted by Crippen LogP contribution is -2.43. The molecule has 2 aliphatic rings. The molecule has 8 heteroatoms. The van der Waals surface area contributed by atoms with Gasteiger partial charge in [-0.1, -0.05) is 93.8 Å². The number of aromatic amines is 1. The molecular formula is C37H41N3O4S. The number of hydrogen-bond acceptors (Lipinski definition) is 5. The first-order chi connectivity index (χ1) is 21.9. The number of sulfone groups is 1. The molecule has 3 aromatic carbocycles. The second-order valence-electron chi connectivity index (χ2n) is 12.9. The molecule has 3 N–H and O–H groups in total. The van der Waals surface area contributed by atoms with Gasteiger partial charge in [-0.25, -0.2) is 8.42 Å². The summed E-state index contributed by atoms with van der Waals surface area (Å²) in [7, 11) is -3.82. The number of aromatic nitrogens is 1. The lowest BCUT2D eigenvalue weighted by Gasteiger charge is -2.38. The third-order valence-electron chi connectivity index (χ3n) is 9.86. The molecular weight excluding hydrogens is 582 g/mol. The lowest BCUT2D eigenvalue weighted by atomic mass is 9.72. The number of rotatable bonds is 5. The minimum Gasteiger partial charge on any atom is -0.455 e. The molecule has 0 radical (unpaired) electrons. The predicted molar refractivity (Wildman–Crippen MR) is 177 cm³/mol. The van der Waals surface area contributed by atoms with Gasteiger partial charge in [-0.3, -0.25) is 4.79 Å². The largest absolute Gasteiger partial charge is 0.455 e. The molecule has 0 unspecified atom stereocenters. The van der Waals surface area contributed by atoms with E-state index in [1.165, 1.54) is 62.6 Å². The number of amides is 1. The van der Waals surface area contributed by atoms with Crippen molar-refractivity contribution >= 4 is 37.7 Å². The Labute approximate surface area is 264 Å². The fourth-order valence-electron chi connectivity index (χ4n) is 7.42. The van der Waals surface area contributed by atoms with E-state index in [2.05, 4.69) is 15.6 Å². The van der Waals surface area contributed by atoms with E-state index in [0.717, 1.165) is 42.3 Å². The summed E-state index contributed by atoms with van der Waals surface area (Å²) in [6.07, 6.45) is 12.6. The van der Waals surface area contributed by atoms with E-state index < -0.39 is 9.84 Å². The summed E-state index contributed by atoms with van der Waals surface area (Å²) >= 11 is 0. The molecule has 7 nitrogen and oxygen atoms in total. The highest BCUT2D eigenvalue weighted by atomic mass is 32.2. The third-order valence-corrected chi connectivity index (χ3v) is 11.7. The first-order valence-electron chi connectivity index (χ1n) is 16.4. The average molecular weight is 624 g/mol. The normalized spacial score (nSPS) is 17.6. The summed E-state index contributed by atoms with van der Waals surface area (Å²) in [6, 6.07) is 21.5. The molecule has 1 fully saturated rings. The molecule has 0 bridgehead atoms. The monoisotopic (exact) mass is 623 g/mol. The van der Waals surface area contributed by atoms with Gasteiger partial charge in [0.05, 0.1) is 4.90 Å². The zero-order chi connectivity index (χ0) is 30.9. The van der Waals surface area contributed by atoms with Crippen molar-refractivity contribution in [2.24, 2.45) is 0 Å². The van der Waals surface area contributed by atoms with Crippen molar-refractivity contribution in [2.45, 2.75) is 92.5 Å². The topological polar surface area (TPSA) is 104 Å². The summed E-state index contributed by atoms with van der Waals surface area (Å²) in [5.41, 5.74) is 4.94. The number of para-hydroxylation sites is 2. The Morgan fingerprint density at radius 3 is 2.27 bits per heavy atom. The number of furan rings is 1. The van der Waals surface area contributed by atoms with Crippen molar-refractivity contribution < 1.29 is 17.6 Å². The van der Waals surface area contributed by atoms with Gasteiger partial charge in [-0.15, -0.1) is 0 Å². The van der Waals surface area contributed by atoms with Crippen LogP contribution in [0.3, 0.4) is 0 Å². The summed E-state index contributed by atoms with van der Waals surface area (Å²) < 4.78 is 33.3. The number of benzene rings is 3. The van der Waals surface area contributed by atoms with Gasteiger partial charge in [0.1, 0.15) is 16.2 Å². The molecule has 7 rings (SSSR count). The van der Waals surface area contributed by atoms with Crippen LogP contribution in [0.2, 0.25) is 0 Å². The predicted octanol–water partition coefficient (Wildman–Crippen LogP) is 7.93. The minimum atomic E-state index is -3.82. The van der Waals surface area contributed by atoms with E-state index in [1.807, 2.05) is 36.4 Å². The Bertz CT molecular complexity index is 1930. The van der Waals surface area contributed by atoms with Crippen LogP contribution < -0.4 is 10.6 Å². The van der Waals surface area contributed by atoms with Crippen LogP contribution in [0.15, 0.2) is 87.0 Å². The summed E-state index contributed by atoms with van der Waals surface area (Å²) in [5.74, 6) is -0.149. The third kappa shape index (κ3) is 5.82. The first kappa shape index (κ1) is 29.8. The van der Waals surface area contributed by atoms with Crippen molar-refractivity contribution in [1.29, 1.82) is 0 Å². The average Bonchev–Trinajstić information content (AvgIpc) is 3.66. The molecule has 1 aliphatic carbocycles. The highest BCUT2D eigenvalue weighted by Gasteiger charge is 2.38. The first-order valence-corrected chi connectivity index (χ1v) is 17.9. The standard InChI is InChI=1S/C37H41N3O4S/c41-36(31-22-27-24-38-25-37(35(27)40-31)20-9-5-3-1-2-4-6-10-21-37)39-23-26-16-18-28(19-17-26)45(42,43)33-15-11-13-30-29-12-7-8-14-32(29)44-34(30)33/h7-8,11-19,22,38,40H,1-6,9-10,20-21,23-25H2,(H,39,41). The Morgan fingerprint density at radius 2 is 1.51 bits per heavy atom. The van der Waals surface area contributed by atoms with E-state index in [9.17, 15) is 13.2 Å². The number of hydrogen-bond donors (Lipinski definition) is 3. The van der Waals surface area contributed by atoms with E-state index in [4.69, 9.17) is 4.42 Å². The Morgan fingerprint density at radius 1 is 0.822 bits per heavy atom. The van der Waals surface area contributed by atoms with Crippen molar-refractivity contribution in [3.8, 4) is 0 Å². The van der Waals surface area contributed by atoms with Crippen LogP contribution in [0.1, 0.15) is 91.5 Å². The second kappa shape index (κ2) is 12.5. The van der Waals surface area contributed by atoms with E-state index >= 15 is 0 Å². The highest BCUT2D eigenvalue weighted by molar-refractivity contribution is 7.91. The SMILES string of the molecule is O=C(NCc1ccc(S(=O)(=O)c2cccc3c2oc2ccccc23)cc1)c1cc2c([nH]1)C1(CCCCCCCCCC1)CNC2. The van der Waals surface area contributed by atoms with Crippen molar-refractivity contribution in [1.82, 2.24) is 15.6 Å². The fourth-order valence-corrected chi connectivity index (χ4v) is 8.82. The van der Waals surface area contributed by atoms with E-state index in [-0.39, 0.29) is 21.1 Å². The zero-order valence-corrected chi connectivity index (χ0v) is 26.5. The van der Waals surface area contributed by atoms with Gasteiger partial charge in [-0.2, -0.15) is 0 Å². The van der Waals surface area contributed by atoms with Gasteiger partial charge >= 0.3 is 0 Å². The summed E-state index contributed by atoms with van der Waals surface area (Å²) in [4.78, 5) is 17.2. The molecule has 0 saturated heterocycles. The van der Waals surface area contributed by atoms with Gasteiger partial charge < -0.3 is 20.0 Å². The number of carbonyl (C=O) groups excluding carboxylic acids is 1. The van der Waals surface area contributed by atoms with Crippen LogP contribution in [0.5, 0.6) is 0 Å². The number of fused-ring (bicyclic) bond motifs is 5. The van der Waals surface area contributed by atoms with Crippen LogP contribution >= 0.6 is 0 Å². The maximum Gasteiger partial charge on any atom is 0.267 e. The summed E-state index contributed by atoms with van der Waals surface area (Å²) in [5, 5.41) is 8.35. The molecule has 45 heavy (non-hydrogen) atoms. The lowest BCUT2D eigenvalue weighted by molar-refractivity contribution is 0.0946. The van der Waals surface area contributed by atoms with E-state index in [0.29, 0.717) is 23.4 Å². The number of H-pyrrole nitrogens is 1. The summed E-state index contributed by atoms with van der Waals surface area (Å²) in [6.45, 7) is 2.03. The quantitative estimate of drug-likeness (QED) is 0.184. The van der Waals surface area contributed by atoms with Crippen molar-refractivity contribution in [2.75, 3.05) is 6.54 Å². The molecule has 1 amide bonds. The van der Waals surface area contributed by atoms with Gasteiger partial charge in [0.2, 0.25) is 9.84 Å². The van der Waals surface area contributed by atoms with Crippen molar-refractivity contribution in [3.05, 3.63) is 95.3 Å². The van der Waals surface area contributed by atoms with Crippen LogP contribution in [-0.4, -0.2) is 25.9 Å². The Kier molecular flexibility index (Phi) is 8.27. The second-order valence-corrected chi connectivity index (χ2v) is 14.8. The van der Waals surface area contributed by atoms with Crippen LogP contribution in [-0.2, 0) is 28.3 Å². The van der Waals surface area contributed by atoms with Crippen LogP contribution in [0, 0.1) is 0 Å². The van der Waals surface area contributed by atoms with Gasteiger partial charge in [-0.05, 0) is 54.3 Å². The zero-order valence-electron chi connectivity index (χ0n) is 25.7. The maximum atomic E-state index is 13.7. The minimum absolute atomic E-state index is 0.0600. The molecule has 1 saturated carbocycles. The molecule has 2 aromatic heterocycles. The molecule has 3 heterocycles. The van der Waals surface area contributed by atoms with Crippen molar-refractivity contribution in [3.63, 3.8) is 0 Å². The molecule has 1 aliphatic heterocycles. The van der Waals surface area contributed by atoms with Gasteiger partial charge in [0, 0.05) is 41.5 Å². The molecule has 234 valence electrons. The number of nitrogens with one attached hydrogen (secondary N) is 3. The Balaban J connectivity index is 1.06. The van der Waals surface area contributed by atoms with E-state index in [1.54, 1.807) is 36.4 Å². The van der Waals surface area contributed by atoms with Crippen LogP contribution in [0.4, 0.5) is 0 Å². The molecule has 5 aromatic rings. The Hall–Kier alpha value is -3.88. The van der Waals surface area contributed by atoms with Gasteiger partial charge in [0.25, 0.3) is 5.91 Å². The fraction of sp³-hybridized carbons (Fsp3) is 0.378. The maximum absolute atomic E-state index is 13.7. The smallest absolute Gasteiger partial charge is 0.267 e. The molecule has 0 atom stereocenters. The molecule has 1 spiro atoms. The van der Waals surface area contributed by atoms with Crippen LogP contribution in [0.25, 0.3) is 21.9 Å². The number of carbonyl (C=O) groups is 1. The highest BCUT2D eigenvalue weighted by Crippen LogP contribution is 2.40. The van der Waals surface area contributed by atoms with Gasteiger partial charge in [0.15, 0.2) is 5.58 Å².